The van der Waals surface area contributed by atoms with E-state index >= 15 is 0 Å². The molecule has 0 bridgehead atoms. The lowest BCUT2D eigenvalue weighted by Gasteiger charge is -2.45. The first-order chi connectivity index (χ1) is 9.11. The maximum absolute atomic E-state index is 11.8. The van der Waals surface area contributed by atoms with E-state index in [-0.39, 0.29) is 11.6 Å². The number of nitrogens with zero attached hydrogens (tertiary/aromatic N) is 1. The summed E-state index contributed by atoms with van der Waals surface area (Å²) in [6.07, 6.45) is 1.36. The summed E-state index contributed by atoms with van der Waals surface area (Å²) >= 11 is 0. The van der Waals surface area contributed by atoms with E-state index in [2.05, 4.69) is 10.6 Å². The van der Waals surface area contributed by atoms with Crippen LogP contribution < -0.4 is 16.4 Å². The zero-order valence-corrected chi connectivity index (χ0v) is 10.5. The molecule has 0 aromatic heterocycles. The maximum Gasteiger partial charge on any atom is 0.319 e. The number of likely N-dealkylation sites (tertiary alicyclic amines) is 1. The highest BCUT2D eigenvalue weighted by atomic mass is 16.2. The van der Waals surface area contributed by atoms with Crippen molar-refractivity contribution in [2.75, 3.05) is 18.4 Å². The average molecular weight is 260 g/mol. The second-order valence-electron chi connectivity index (χ2n) is 5.03. The van der Waals surface area contributed by atoms with Crippen molar-refractivity contribution < 1.29 is 9.59 Å². The number of nitrogens with two attached hydrogens (primary N) is 1. The summed E-state index contributed by atoms with van der Waals surface area (Å²) < 4.78 is 0. The van der Waals surface area contributed by atoms with Crippen LogP contribution in [0.15, 0.2) is 24.3 Å². The number of amides is 4. The van der Waals surface area contributed by atoms with Crippen molar-refractivity contribution in [1.82, 2.24) is 10.2 Å². The van der Waals surface area contributed by atoms with Gasteiger partial charge in [-0.2, -0.15) is 0 Å². The molecule has 6 heteroatoms. The van der Waals surface area contributed by atoms with Crippen LogP contribution >= 0.6 is 0 Å². The van der Waals surface area contributed by atoms with E-state index in [0.717, 1.165) is 11.3 Å². The van der Waals surface area contributed by atoms with Gasteiger partial charge in [-0.15, -0.1) is 0 Å². The van der Waals surface area contributed by atoms with Gasteiger partial charge in [-0.1, -0.05) is 18.2 Å². The lowest BCUT2D eigenvalue weighted by atomic mass is 9.79. The van der Waals surface area contributed by atoms with Gasteiger partial charge in [0.25, 0.3) is 0 Å². The molecule has 4 amide bonds. The van der Waals surface area contributed by atoms with Gasteiger partial charge in [0.15, 0.2) is 0 Å². The summed E-state index contributed by atoms with van der Waals surface area (Å²) in [5, 5.41) is 5.83. The van der Waals surface area contributed by atoms with Crippen molar-refractivity contribution in [1.29, 1.82) is 0 Å². The number of fused-ring (bicyclic) bond motifs is 2. The third kappa shape index (κ3) is 1.89. The lowest BCUT2D eigenvalue weighted by Crippen LogP contribution is -2.58. The number of piperidine rings is 1. The maximum atomic E-state index is 11.8. The second kappa shape index (κ2) is 4.15. The molecule has 1 aromatic rings. The SMILES string of the molecule is NC(=O)N1CCC2(CC1)NC(=O)Nc1ccccc12. The van der Waals surface area contributed by atoms with E-state index in [4.69, 9.17) is 5.73 Å². The van der Waals surface area contributed by atoms with Crippen LogP contribution in [0.1, 0.15) is 18.4 Å². The Morgan fingerprint density at radius 3 is 2.63 bits per heavy atom. The highest BCUT2D eigenvalue weighted by molar-refractivity contribution is 5.93. The lowest BCUT2D eigenvalue weighted by molar-refractivity contribution is 0.148. The molecule has 0 radical (unpaired) electrons. The van der Waals surface area contributed by atoms with Gasteiger partial charge in [-0.25, -0.2) is 9.59 Å². The highest BCUT2D eigenvalue weighted by Crippen LogP contribution is 2.39. The monoisotopic (exact) mass is 260 g/mol. The molecule has 0 saturated carbocycles. The van der Waals surface area contributed by atoms with Crippen molar-refractivity contribution in [3.63, 3.8) is 0 Å². The Morgan fingerprint density at radius 1 is 1.26 bits per heavy atom. The van der Waals surface area contributed by atoms with Crippen molar-refractivity contribution >= 4 is 17.7 Å². The topological polar surface area (TPSA) is 87.5 Å². The fraction of sp³-hybridized carbons (Fsp3) is 0.385. The summed E-state index contributed by atoms with van der Waals surface area (Å²) in [5.74, 6) is 0. The number of rotatable bonds is 0. The molecule has 3 rings (SSSR count). The molecule has 2 heterocycles. The van der Waals surface area contributed by atoms with Crippen LogP contribution in [0.4, 0.5) is 15.3 Å². The Bertz CT molecular complexity index is 535. The third-order valence-electron chi connectivity index (χ3n) is 3.97. The molecular formula is C13H16N4O2. The molecule has 0 unspecified atom stereocenters. The molecule has 2 aliphatic rings. The van der Waals surface area contributed by atoms with Gasteiger partial charge in [-0.3, -0.25) is 0 Å². The standard InChI is InChI=1S/C13H16N4O2/c14-11(18)17-7-5-13(6-8-17)9-3-1-2-4-10(9)15-12(19)16-13/h1-4H,5-8H2,(H2,14,18)(H2,15,16,19). The summed E-state index contributed by atoms with van der Waals surface area (Å²) in [7, 11) is 0. The summed E-state index contributed by atoms with van der Waals surface area (Å²) in [4.78, 5) is 24.6. The van der Waals surface area contributed by atoms with Crippen molar-refractivity contribution in [3.8, 4) is 0 Å². The third-order valence-corrected chi connectivity index (χ3v) is 3.97. The van der Waals surface area contributed by atoms with Gasteiger partial charge in [0, 0.05) is 24.3 Å². The van der Waals surface area contributed by atoms with E-state index in [0.29, 0.717) is 25.9 Å². The number of benzene rings is 1. The van der Waals surface area contributed by atoms with Gasteiger partial charge in [0.1, 0.15) is 0 Å². The number of nitrogens with one attached hydrogen (secondary N) is 2. The van der Waals surface area contributed by atoms with E-state index in [1.807, 2.05) is 24.3 Å². The van der Waals surface area contributed by atoms with E-state index in [1.54, 1.807) is 4.90 Å². The zero-order valence-electron chi connectivity index (χ0n) is 10.5. The minimum Gasteiger partial charge on any atom is -0.351 e. The smallest absolute Gasteiger partial charge is 0.319 e. The van der Waals surface area contributed by atoms with Crippen molar-refractivity contribution in [2.24, 2.45) is 5.73 Å². The Balaban J connectivity index is 1.93. The number of carbonyl (C=O) groups is 2. The minimum absolute atomic E-state index is 0.189. The van der Waals surface area contributed by atoms with E-state index in [1.165, 1.54) is 0 Å². The normalized spacial score (nSPS) is 20.4. The Hall–Kier alpha value is -2.24. The number of urea groups is 2. The number of para-hydroxylation sites is 1. The molecule has 1 aromatic carbocycles. The molecule has 2 aliphatic heterocycles. The van der Waals surface area contributed by atoms with Gasteiger partial charge in [0.2, 0.25) is 0 Å². The summed E-state index contributed by atoms with van der Waals surface area (Å²) in [6.45, 7) is 1.12. The molecule has 1 fully saturated rings. The minimum atomic E-state index is -0.400. The zero-order chi connectivity index (χ0) is 13.5. The number of carbonyl (C=O) groups excluding carboxylic acids is 2. The number of primary amides is 1. The predicted octanol–water partition coefficient (Wildman–Crippen LogP) is 1.19. The van der Waals surface area contributed by atoms with Crippen LogP contribution in [0.25, 0.3) is 0 Å². The first-order valence-electron chi connectivity index (χ1n) is 6.34. The predicted molar refractivity (Wildman–Crippen MR) is 70.7 cm³/mol. The fourth-order valence-corrected chi connectivity index (χ4v) is 2.95. The quantitative estimate of drug-likeness (QED) is 0.654. The Morgan fingerprint density at radius 2 is 1.95 bits per heavy atom. The van der Waals surface area contributed by atoms with Gasteiger partial charge in [-0.05, 0) is 18.9 Å². The molecule has 6 nitrogen and oxygen atoms in total. The summed E-state index contributed by atoms with van der Waals surface area (Å²) in [5.41, 5.74) is 6.84. The van der Waals surface area contributed by atoms with E-state index < -0.39 is 6.03 Å². The number of anilines is 1. The van der Waals surface area contributed by atoms with Crippen LogP contribution in [0.2, 0.25) is 0 Å². The molecule has 0 atom stereocenters. The van der Waals surface area contributed by atoms with Crippen LogP contribution in [0.5, 0.6) is 0 Å². The van der Waals surface area contributed by atoms with Crippen LogP contribution in [-0.4, -0.2) is 30.1 Å². The molecule has 0 aliphatic carbocycles. The Kier molecular flexibility index (Phi) is 2.58. The van der Waals surface area contributed by atoms with Crippen LogP contribution in [0.3, 0.4) is 0 Å². The first-order valence-corrected chi connectivity index (χ1v) is 6.34. The average Bonchev–Trinajstić information content (AvgIpc) is 2.39. The largest absolute Gasteiger partial charge is 0.351 e. The molecule has 19 heavy (non-hydrogen) atoms. The van der Waals surface area contributed by atoms with Gasteiger partial charge in [0.05, 0.1) is 5.54 Å². The number of hydrogen-bond acceptors (Lipinski definition) is 2. The molecule has 100 valence electrons. The van der Waals surface area contributed by atoms with Gasteiger partial charge >= 0.3 is 12.1 Å². The van der Waals surface area contributed by atoms with Gasteiger partial charge < -0.3 is 21.3 Å². The molecule has 1 saturated heterocycles. The van der Waals surface area contributed by atoms with Crippen molar-refractivity contribution in [3.05, 3.63) is 29.8 Å². The fourth-order valence-electron chi connectivity index (χ4n) is 2.95. The second-order valence-corrected chi connectivity index (χ2v) is 5.03. The highest BCUT2D eigenvalue weighted by Gasteiger charge is 2.42. The first kappa shape index (κ1) is 11.8. The Labute approximate surface area is 110 Å². The van der Waals surface area contributed by atoms with Crippen LogP contribution in [0, 0.1) is 0 Å². The summed E-state index contributed by atoms with van der Waals surface area (Å²) in [6, 6.07) is 7.18. The molecular weight excluding hydrogens is 244 g/mol. The van der Waals surface area contributed by atoms with E-state index in [9.17, 15) is 9.59 Å². The molecule has 1 spiro atoms. The molecule has 4 N–H and O–H groups in total. The number of hydrogen-bond donors (Lipinski definition) is 3. The van der Waals surface area contributed by atoms with Crippen molar-refractivity contribution in [2.45, 2.75) is 18.4 Å². The van der Waals surface area contributed by atoms with Crippen LogP contribution in [-0.2, 0) is 5.54 Å².